The van der Waals surface area contributed by atoms with Gasteiger partial charge in [0.15, 0.2) is 0 Å². The molecule has 1 atom stereocenters. The van der Waals surface area contributed by atoms with E-state index in [9.17, 15) is 18.0 Å². The summed E-state index contributed by atoms with van der Waals surface area (Å²) in [6.07, 6.45) is 0. The Balaban J connectivity index is 1.99. The van der Waals surface area contributed by atoms with Gasteiger partial charge in [0.05, 0.1) is 10.6 Å². The van der Waals surface area contributed by atoms with Gasteiger partial charge in [-0.15, -0.1) is 0 Å². The summed E-state index contributed by atoms with van der Waals surface area (Å²) in [6, 6.07) is 21.7. The van der Waals surface area contributed by atoms with Gasteiger partial charge in [0, 0.05) is 17.6 Å². The molecule has 3 aromatic rings. The standard InChI is InChI=1S/C29H34BrN3O4S/c1-21(2)18-31-29(35)23(4)32(19-24-15-13-22(3)14-16-24)28(34)20-33(26-10-8-9-25(30)17-26)38(36,37)27-11-6-5-7-12-27/h5-17,21,23H,18-20H2,1-4H3,(H,31,35)/t23-/m1/s1. The third-order valence-electron chi connectivity index (χ3n) is 6.03. The van der Waals surface area contributed by atoms with Gasteiger partial charge in [-0.05, 0) is 55.7 Å². The highest BCUT2D eigenvalue weighted by molar-refractivity contribution is 9.10. The lowest BCUT2D eigenvalue weighted by molar-refractivity contribution is -0.139. The van der Waals surface area contributed by atoms with E-state index in [0.717, 1.165) is 15.4 Å². The summed E-state index contributed by atoms with van der Waals surface area (Å²) in [6.45, 7) is 7.78. The monoisotopic (exact) mass is 599 g/mol. The maximum Gasteiger partial charge on any atom is 0.264 e. The van der Waals surface area contributed by atoms with Crippen molar-refractivity contribution in [3.63, 3.8) is 0 Å². The van der Waals surface area contributed by atoms with Crippen LogP contribution in [-0.2, 0) is 26.2 Å². The van der Waals surface area contributed by atoms with Crippen LogP contribution in [0.25, 0.3) is 0 Å². The number of hydrogen-bond donors (Lipinski definition) is 1. The Morgan fingerprint density at radius 1 is 0.921 bits per heavy atom. The molecule has 3 aromatic carbocycles. The molecule has 0 fully saturated rings. The van der Waals surface area contributed by atoms with Crippen LogP contribution < -0.4 is 9.62 Å². The molecule has 0 aliphatic carbocycles. The number of halogens is 1. The number of hydrogen-bond acceptors (Lipinski definition) is 4. The van der Waals surface area contributed by atoms with E-state index in [1.165, 1.54) is 17.0 Å². The number of benzene rings is 3. The smallest absolute Gasteiger partial charge is 0.264 e. The van der Waals surface area contributed by atoms with Crippen molar-refractivity contribution in [1.82, 2.24) is 10.2 Å². The second kappa shape index (κ2) is 13.1. The molecule has 3 rings (SSSR count). The quantitative estimate of drug-likeness (QED) is 0.330. The number of carbonyl (C=O) groups excluding carboxylic acids is 2. The van der Waals surface area contributed by atoms with Crippen LogP contribution in [0.4, 0.5) is 5.69 Å². The summed E-state index contributed by atoms with van der Waals surface area (Å²) in [7, 11) is -4.08. The lowest BCUT2D eigenvalue weighted by atomic mass is 10.1. The van der Waals surface area contributed by atoms with Crippen LogP contribution in [0, 0.1) is 12.8 Å². The number of nitrogens with one attached hydrogen (secondary N) is 1. The molecule has 1 N–H and O–H groups in total. The number of carbonyl (C=O) groups is 2. The number of aryl methyl sites for hydroxylation is 1. The Morgan fingerprint density at radius 3 is 2.18 bits per heavy atom. The first-order chi connectivity index (χ1) is 18.0. The van der Waals surface area contributed by atoms with Crippen LogP contribution in [0.1, 0.15) is 31.9 Å². The van der Waals surface area contributed by atoms with Gasteiger partial charge in [0.1, 0.15) is 12.6 Å². The predicted molar refractivity (Wildman–Crippen MR) is 154 cm³/mol. The number of amides is 2. The van der Waals surface area contributed by atoms with E-state index in [2.05, 4.69) is 21.2 Å². The summed E-state index contributed by atoms with van der Waals surface area (Å²) in [5.41, 5.74) is 2.25. The second-order valence-corrected chi connectivity index (χ2v) is 12.4. The van der Waals surface area contributed by atoms with Gasteiger partial charge in [-0.2, -0.15) is 0 Å². The van der Waals surface area contributed by atoms with Crippen molar-refractivity contribution in [2.45, 2.75) is 45.2 Å². The van der Waals surface area contributed by atoms with Gasteiger partial charge in [0.25, 0.3) is 10.0 Å². The summed E-state index contributed by atoms with van der Waals surface area (Å²) in [5.74, 6) is -0.535. The third kappa shape index (κ3) is 7.68. The SMILES string of the molecule is Cc1ccc(CN(C(=O)CN(c2cccc(Br)c2)S(=O)(=O)c2ccccc2)[C@H](C)C(=O)NCC(C)C)cc1. The average molecular weight is 601 g/mol. The normalized spacial score (nSPS) is 12.2. The minimum absolute atomic E-state index is 0.0700. The highest BCUT2D eigenvalue weighted by atomic mass is 79.9. The number of anilines is 1. The van der Waals surface area contributed by atoms with Crippen molar-refractivity contribution in [2.24, 2.45) is 5.92 Å². The molecule has 0 bridgehead atoms. The minimum Gasteiger partial charge on any atom is -0.354 e. The highest BCUT2D eigenvalue weighted by Gasteiger charge is 2.32. The van der Waals surface area contributed by atoms with Gasteiger partial charge in [-0.25, -0.2) is 8.42 Å². The molecule has 0 radical (unpaired) electrons. The fourth-order valence-corrected chi connectivity index (χ4v) is 5.62. The summed E-state index contributed by atoms with van der Waals surface area (Å²) < 4.78 is 29.2. The molecule has 2 amide bonds. The van der Waals surface area contributed by atoms with Crippen LogP contribution in [-0.4, -0.2) is 44.3 Å². The van der Waals surface area contributed by atoms with Crippen molar-refractivity contribution in [3.8, 4) is 0 Å². The predicted octanol–water partition coefficient (Wildman–Crippen LogP) is 5.14. The van der Waals surface area contributed by atoms with Crippen LogP contribution in [0.15, 0.2) is 88.2 Å². The first-order valence-electron chi connectivity index (χ1n) is 12.4. The van der Waals surface area contributed by atoms with E-state index in [1.807, 2.05) is 45.0 Å². The minimum atomic E-state index is -4.08. The zero-order valence-electron chi connectivity index (χ0n) is 22.1. The highest BCUT2D eigenvalue weighted by Crippen LogP contribution is 2.27. The van der Waals surface area contributed by atoms with Gasteiger partial charge in [0.2, 0.25) is 11.8 Å². The molecule has 0 heterocycles. The maximum atomic E-state index is 13.9. The number of sulfonamides is 1. The number of nitrogens with zero attached hydrogens (tertiary/aromatic N) is 2. The molecule has 0 spiro atoms. The van der Waals surface area contributed by atoms with E-state index in [0.29, 0.717) is 16.7 Å². The van der Waals surface area contributed by atoms with Crippen LogP contribution in [0.3, 0.4) is 0 Å². The van der Waals surface area contributed by atoms with E-state index in [-0.39, 0.29) is 23.3 Å². The lowest BCUT2D eigenvalue weighted by Gasteiger charge is -2.32. The average Bonchev–Trinajstić information content (AvgIpc) is 2.89. The van der Waals surface area contributed by atoms with Crippen molar-refractivity contribution >= 4 is 43.5 Å². The Bertz CT molecular complexity index is 1350. The van der Waals surface area contributed by atoms with E-state index in [4.69, 9.17) is 0 Å². The first kappa shape index (κ1) is 29.4. The molecule has 0 saturated heterocycles. The molecular weight excluding hydrogens is 566 g/mol. The lowest BCUT2D eigenvalue weighted by Crippen LogP contribution is -2.51. The zero-order chi connectivity index (χ0) is 27.9. The van der Waals surface area contributed by atoms with Crippen molar-refractivity contribution < 1.29 is 18.0 Å². The molecule has 7 nitrogen and oxygen atoms in total. The van der Waals surface area contributed by atoms with Gasteiger partial charge < -0.3 is 10.2 Å². The fourth-order valence-electron chi connectivity index (χ4n) is 3.80. The molecule has 0 aliphatic rings. The molecular formula is C29H34BrN3O4S. The van der Waals surface area contributed by atoms with E-state index < -0.39 is 28.5 Å². The van der Waals surface area contributed by atoms with E-state index in [1.54, 1.807) is 49.4 Å². The van der Waals surface area contributed by atoms with Crippen molar-refractivity contribution in [3.05, 3.63) is 94.5 Å². The van der Waals surface area contributed by atoms with E-state index >= 15 is 0 Å². The molecule has 9 heteroatoms. The molecule has 202 valence electrons. The number of rotatable bonds is 11. The van der Waals surface area contributed by atoms with Crippen LogP contribution >= 0.6 is 15.9 Å². The van der Waals surface area contributed by atoms with Gasteiger partial charge in [-0.3, -0.25) is 13.9 Å². The topological polar surface area (TPSA) is 86.8 Å². The Morgan fingerprint density at radius 2 is 1.58 bits per heavy atom. The summed E-state index contributed by atoms with van der Waals surface area (Å²) in [5, 5.41) is 2.89. The fraction of sp³-hybridized carbons (Fsp3) is 0.310. The van der Waals surface area contributed by atoms with Gasteiger partial charge >= 0.3 is 0 Å². The van der Waals surface area contributed by atoms with Crippen molar-refractivity contribution in [2.75, 3.05) is 17.4 Å². The molecule has 38 heavy (non-hydrogen) atoms. The summed E-state index contributed by atoms with van der Waals surface area (Å²) in [4.78, 5) is 28.4. The molecule has 0 aliphatic heterocycles. The second-order valence-electron chi connectivity index (χ2n) is 9.63. The Kier molecular flexibility index (Phi) is 10.1. The van der Waals surface area contributed by atoms with Crippen LogP contribution in [0.5, 0.6) is 0 Å². The van der Waals surface area contributed by atoms with Crippen LogP contribution in [0.2, 0.25) is 0 Å². The Labute approximate surface area is 234 Å². The summed E-state index contributed by atoms with van der Waals surface area (Å²) >= 11 is 3.40. The molecule has 0 saturated carbocycles. The largest absolute Gasteiger partial charge is 0.354 e. The zero-order valence-corrected chi connectivity index (χ0v) is 24.5. The Hall–Kier alpha value is -3.17. The molecule has 0 aromatic heterocycles. The van der Waals surface area contributed by atoms with Crippen molar-refractivity contribution in [1.29, 1.82) is 0 Å². The third-order valence-corrected chi connectivity index (χ3v) is 8.31. The molecule has 0 unspecified atom stereocenters. The maximum absolute atomic E-state index is 13.9. The van der Waals surface area contributed by atoms with Gasteiger partial charge in [-0.1, -0.05) is 83.9 Å². The first-order valence-corrected chi connectivity index (χ1v) is 14.7.